The molecule has 0 spiro atoms. The molecule has 2 aliphatic rings. The van der Waals surface area contributed by atoms with E-state index in [1.807, 2.05) is 30.9 Å². The summed E-state index contributed by atoms with van der Waals surface area (Å²) >= 11 is 6.26. The summed E-state index contributed by atoms with van der Waals surface area (Å²) in [6.45, 7) is 7.95. The van der Waals surface area contributed by atoms with Gasteiger partial charge in [0.05, 0.1) is 12.7 Å². The molecule has 2 saturated heterocycles. The highest BCUT2D eigenvalue weighted by Crippen LogP contribution is 2.32. The van der Waals surface area contributed by atoms with Gasteiger partial charge in [0, 0.05) is 31.3 Å². The predicted molar refractivity (Wildman–Crippen MR) is 137 cm³/mol. The summed E-state index contributed by atoms with van der Waals surface area (Å²) in [6.07, 6.45) is 4.66. The zero-order valence-corrected chi connectivity index (χ0v) is 21.4. The fourth-order valence-corrected chi connectivity index (χ4v) is 5.09. The normalized spacial score (nSPS) is 16.7. The van der Waals surface area contributed by atoms with E-state index in [2.05, 4.69) is 30.4 Å². The second-order valence-corrected chi connectivity index (χ2v) is 10.2. The van der Waals surface area contributed by atoms with Crippen LogP contribution in [0.4, 0.5) is 16.0 Å². The van der Waals surface area contributed by atoms with Gasteiger partial charge >= 0.3 is 0 Å². The van der Waals surface area contributed by atoms with Crippen LogP contribution < -0.4 is 5.32 Å². The van der Waals surface area contributed by atoms with Crippen LogP contribution in [0.25, 0.3) is 0 Å². The van der Waals surface area contributed by atoms with Crippen molar-refractivity contribution in [3.63, 3.8) is 0 Å². The number of nitrogens with one attached hydrogen (secondary N) is 2. The third kappa shape index (κ3) is 5.52. The van der Waals surface area contributed by atoms with Crippen LogP contribution >= 0.6 is 11.6 Å². The molecule has 0 unspecified atom stereocenters. The number of likely N-dealkylation sites (tertiary alicyclic amines) is 2. The minimum Gasteiger partial charge on any atom is -0.342 e. The maximum Gasteiger partial charge on any atom is 0.236 e. The Bertz CT molecular complexity index is 1250. The number of hydrogen-bond acceptors (Lipinski definition) is 6. The van der Waals surface area contributed by atoms with E-state index in [0.29, 0.717) is 34.6 Å². The predicted octanol–water partition coefficient (Wildman–Crippen LogP) is 4.36. The summed E-state index contributed by atoms with van der Waals surface area (Å²) in [5.41, 5.74) is 3.53. The van der Waals surface area contributed by atoms with Crippen LogP contribution in [-0.4, -0.2) is 68.6 Å². The molecule has 2 N–H and O–H groups in total. The Kier molecular flexibility index (Phi) is 7.20. The maximum absolute atomic E-state index is 15.2. The molecule has 1 aromatic carbocycles. The molecular formula is C26H31ClFN7O. The van der Waals surface area contributed by atoms with E-state index >= 15 is 4.39 Å². The van der Waals surface area contributed by atoms with Gasteiger partial charge in [-0.2, -0.15) is 5.10 Å². The first-order valence-corrected chi connectivity index (χ1v) is 12.8. The van der Waals surface area contributed by atoms with Crippen LogP contribution in [0.5, 0.6) is 0 Å². The molecule has 3 aromatic rings. The molecule has 0 radical (unpaired) electrons. The second kappa shape index (κ2) is 10.5. The molecule has 1 amide bonds. The van der Waals surface area contributed by atoms with E-state index in [1.54, 1.807) is 6.07 Å². The van der Waals surface area contributed by atoms with Crippen molar-refractivity contribution in [2.24, 2.45) is 0 Å². The molecular weight excluding hydrogens is 481 g/mol. The van der Waals surface area contributed by atoms with Crippen LogP contribution in [0.3, 0.4) is 0 Å². The number of carbonyl (C=O) groups excluding carboxylic acids is 1. The number of halogens is 2. The Balaban J connectivity index is 1.24. The molecule has 5 rings (SSSR count). The first-order valence-electron chi connectivity index (χ1n) is 12.4. The number of H-pyrrole nitrogens is 1. The van der Waals surface area contributed by atoms with E-state index in [0.717, 1.165) is 55.8 Å². The number of aryl methyl sites for hydroxylation is 2. The summed E-state index contributed by atoms with van der Waals surface area (Å²) in [5.74, 6) is 1.69. The number of hydrogen-bond donors (Lipinski definition) is 2. The number of amides is 1. The zero-order chi connectivity index (χ0) is 25.2. The van der Waals surface area contributed by atoms with E-state index in [4.69, 9.17) is 11.6 Å². The van der Waals surface area contributed by atoms with Gasteiger partial charge in [-0.1, -0.05) is 17.7 Å². The van der Waals surface area contributed by atoms with Crippen molar-refractivity contribution < 1.29 is 9.18 Å². The topological polar surface area (TPSA) is 90.0 Å². The molecule has 36 heavy (non-hydrogen) atoms. The Hall–Kier alpha value is -3.04. The van der Waals surface area contributed by atoms with Crippen LogP contribution in [0.1, 0.15) is 53.4 Å². The minimum atomic E-state index is -0.261. The largest absolute Gasteiger partial charge is 0.342 e. The van der Waals surface area contributed by atoms with Crippen molar-refractivity contribution in [2.75, 3.05) is 38.0 Å². The van der Waals surface area contributed by atoms with Crippen molar-refractivity contribution in [3.05, 3.63) is 63.4 Å². The Morgan fingerprint density at radius 1 is 1.19 bits per heavy atom. The lowest BCUT2D eigenvalue weighted by Crippen LogP contribution is -2.47. The van der Waals surface area contributed by atoms with Crippen molar-refractivity contribution in [1.29, 1.82) is 0 Å². The number of benzene rings is 1. The monoisotopic (exact) mass is 511 g/mol. The van der Waals surface area contributed by atoms with Gasteiger partial charge in [-0.05, 0) is 74.9 Å². The lowest BCUT2D eigenvalue weighted by Gasteiger charge is -2.36. The molecule has 0 bridgehead atoms. The number of rotatable bonds is 7. The summed E-state index contributed by atoms with van der Waals surface area (Å²) in [6, 6.07) is 5.40. The fraction of sp³-hybridized carbons (Fsp3) is 0.462. The van der Waals surface area contributed by atoms with Crippen molar-refractivity contribution in [1.82, 2.24) is 30.0 Å². The third-order valence-electron chi connectivity index (χ3n) is 7.13. The molecule has 0 atom stereocenters. The van der Waals surface area contributed by atoms with Crippen molar-refractivity contribution >= 4 is 29.1 Å². The lowest BCUT2D eigenvalue weighted by atomic mass is 9.85. The Labute approximate surface area is 215 Å². The van der Waals surface area contributed by atoms with Gasteiger partial charge in [0.2, 0.25) is 5.91 Å². The second-order valence-electron chi connectivity index (χ2n) is 9.81. The summed E-state index contributed by atoms with van der Waals surface area (Å²) in [7, 11) is 0. The molecule has 2 aliphatic heterocycles. The Morgan fingerprint density at radius 2 is 1.97 bits per heavy atom. The maximum atomic E-state index is 15.2. The van der Waals surface area contributed by atoms with Crippen LogP contribution in [0, 0.1) is 19.7 Å². The number of aromatic nitrogens is 4. The zero-order valence-electron chi connectivity index (χ0n) is 20.7. The average Bonchev–Trinajstić information content (AvgIpc) is 3.25. The van der Waals surface area contributed by atoms with Gasteiger partial charge in [0.25, 0.3) is 0 Å². The van der Waals surface area contributed by atoms with E-state index in [-0.39, 0.29) is 24.1 Å². The third-order valence-corrected chi connectivity index (χ3v) is 7.40. The van der Waals surface area contributed by atoms with Gasteiger partial charge in [0.15, 0.2) is 11.6 Å². The SMILES string of the molecule is Cc1cc(Nc2nc(Cc3cc(C)c(C4CCN(C(=O)CN5CCC5)CC4)cc3F)ncc2Cl)n[nH]1. The molecule has 2 fully saturated rings. The summed E-state index contributed by atoms with van der Waals surface area (Å²) in [5, 5.41) is 10.4. The number of anilines is 2. The molecule has 0 saturated carbocycles. The standard InChI is InChI=1S/C26H31ClFN7O/c1-16-10-19(12-23-29-14-21(27)26(30-23)31-24-11-17(2)32-33-24)22(28)13-20(16)18-4-8-35(9-5-18)25(36)15-34-6-3-7-34/h10-11,13-14,18H,3-9,12,15H2,1-2H3,(H2,29,30,31,32,33). The smallest absolute Gasteiger partial charge is 0.236 e. The Morgan fingerprint density at radius 3 is 2.64 bits per heavy atom. The van der Waals surface area contributed by atoms with Gasteiger partial charge < -0.3 is 10.2 Å². The number of piperidine rings is 1. The molecule has 190 valence electrons. The summed E-state index contributed by atoms with van der Waals surface area (Å²) < 4.78 is 15.2. The van der Waals surface area contributed by atoms with Crippen molar-refractivity contribution in [3.8, 4) is 0 Å². The quantitative estimate of drug-likeness (QED) is 0.490. The number of aromatic amines is 1. The molecule has 8 nitrogen and oxygen atoms in total. The first-order chi connectivity index (χ1) is 17.4. The highest BCUT2D eigenvalue weighted by molar-refractivity contribution is 6.32. The average molecular weight is 512 g/mol. The van der Waals surface area contributed by atoms with Crippen LogP contribution in [0.2, 0.25) is 5.02 Å². The molecule has 4 heterocycles. The highest BCUT2D eigenvalue weighted by atomic mass is 35.5. The highest BCUT2D eigenvalue weighted by Gasteiger charge is 2.27. The van der Waals surface area contributed by atoms with Gasteiger partial charge in [-0.15, -0.1) is 0 Å². The first kappa shape index (κ1) is 24.6. The van der Waals surface area contributed by atoms with E-state index in [1.165, 1.54) is 12.6 Å². The molecule has 10 heteroatoms. The van der Waals surface area contributed by atoms with Gasteiger partial charge in [-0.25, -0.2) is 14.4 Å². The molecule has 2 aromatic heterocycles. The summed E-state index contributed by atoms with van der Waals surface area (Å²) in [4.78, 5) is 25.5. The van der Waals surface area contributed by atoms with E-state index in [9.17, 15) is 4.79 Å². The van der Waals surface area contributed by atoms with E-state index < -0.39 is 0 Å². The number of carbonyl (C=O) groups is 1. The van der Waals surface area contributed by atoms with Crippen molar-refractivity contribution in [2.45, 2.75) is 45.4 Å². The van der Waals surface area contributed by atoms with Gasteiger partial charge in [0.1, 0.15) is 16.7 Å². The minimum absolute atomic E-state index is 0.214. The van der Waals surface area contributed by atoms with Crippen LogP contribution in [0.15, 0.2) is 24.4 Å². The fourth-order valence-electron chi connectivity index (χ4n) is 4.95. The lowest BCUT2D eigenvalue weighted by molar-refractivity contribution is -0.134. The van der Waals surface area contributed by atoms with Crippen LogP contribution in [-0.2, 0) is 11.2 Å². The molecule has 0 aliphatic carbocycles. The number of nitrogens with zero attached hydrogens (tertiary/aromatic N) is 5. The van der Waals surface area contributed by atoms with Gasteiger partial charge in [-0.3, -0.25) is 14.8 Å².